The Morgan fingerprint density at radius 2 is 1.61 bits per heavy atom. The first-order chi connectivity index (χ1) is 22.0. The second-order valence-corrected chi connectivity index (χ2v) is 13.1. The molecule has 2 atom stereocenters. The maximum atomic E-state index is 15.0. The summed E-state index contributed by atoms with van der Waals surface area (Å²) in [4.78, 5) is 29.5. The third-order valence-electron chi connectivity index (χ3n) is 7.59. The van der Waals surface area contributed by atoms with Crippen LogP contribution in [0.2, 0.25) is 5.02 Å². The minimum absolute atomic E-state index is 0.0860. The zero-order valence-electron chi connectivity index (χ0n) is 25.9. The summed E-state index contributed by atoms with van der Waals surface area (Å²) >= 11 is 6.26. The van der Waals surface area contributed by atoms with E-state index in [9.17, 15) is 18.0 Å². The van der Waals surface area contributed by atoms with Gasteiger partial charge in [-0.25, -0.2) is 12.8 Å². The Bertz CT molecular complexity index is 1740. The van der Waals surface area contributed by atoms with Crippen LogP contribution in [0.25, 0.3) is 0 Å². The van der Waals surface area contributed by atoms with E-state index in [0.29, 0.717) is 12.2 Å². The van der Waals surface area contributed by atoms with Gasteiger partial charge in [0, 0.05) is 29.6 Å². The Morgan fingerprint density at radius 3 is 2.24 bits per heavy atom. The normalized spacial score (nSPS) is 12.5. The number of amides is 2. The van der Waals surface area contributed by atoms with E-state index < -0.39 is 40.2 Å². The predicted octanol–water partition coefficient (Wildman–Crippen LogP) is 6.24. The lowest BCUT2D eigenvalue weighted by Crippen LogP contribution is -2.54. The molecule has 1 N–H and O–H groups in total. The number of halogens is 2. The molecule has 11 heteroatoms. The van der Waals surface area contributed by atoms with Crippen LogP contribution in [0.3, 0.4) is 0 Å². The van der Waals surface area contributed by atoms with Crippen molar-refractivity contribution in [3.8, 4) is 5.75 Å². The number of benzene rings is 4. The molecule has 242 valence electrons. The van der Waals surface area contributed by atoms with Crippen LogP contribution in [0.4, 0.5) is 10.1 Å². The quantitative estimate of drug-likeness (QED) is 0.172. The molecule has 2 amide bonds. The molecular weight excluding hydrogens is 629 g/mol. The molecule has 0 unspecified atom stereocenters. The third kappa shape index (κ3) is 8.64. The summed E-state index contributed by atoms with van der Waals surface area (Å²) in [5, 5.41) is 3.22. The smallest absolute Gasteiger partial charge is 0.264 e. The number of anilines is 1. The van der Waals surface area contributed by atoms with E-state index in [0.717, 1.165) is 9.87 Å². The highest BCUT2D eigenvalue weighted by atomic mass is 35.5. The first-order valence-electron chi connectivity index (χ1n) is 14.8. The molecule has 0 saturated carbocycles. The summed E-state index contributed by atoms with van der Waals surface area (Å²) < 4.78 is 49.4. The summed E-state index contributed by atoms with van der Waals surface area (Å²) in [6.07, 6.45) is 0.763. The van der Waals surface area contributed by atoms with Gasteiger partial charge in [0.25, 0.3) is 10.0 Å². The van der Waals surface area contributed by atoms with E-state index in [2.05, 4.69) is 5.32 Å². The van der Waals surface area contributed by atoms with Gasteiger partial charge in [-0.05, 0) is 67.4 Å². The summed E-state index contributed by atoms with van der Waals surface area (Å²) in [6, 6.07) is 25.7. The van der Waals surface area contributed by atoms with Crippen LogP contribution in [-0.2, 0) is 32.6 Å². The van der Waals surface area contributed by atoms with Gasteiger partial charge in [-0.3, -0.25) is 13.9 Å². The molecule has 0 aromatic heterocycles. The Balaban J connectivity index is 1.82. The fourth-order valence-corrected chi connectivity index (χ4v) is 6.43. The molecule has 0 aliphatic rings. The van der Waals surface area contributed by atoms with Gasteiger partial charge in [-0.15, -0.1) is 0 Å². The van der Waals surface area contributed by atoms with Crippen LogP contribution >= 0.6 is 11.6 Å². The molecule has 0 spiro atoms. The Kier molecular flexibility index (Phi) is 11.8. The van der Waals surface area contributed by atoms with E-state index in [1.54, 1.807) is 18.2 Å². The molecule has 4 aromatic rings. The first kappa shape index (κ1) is 34.5. The van der Waals surface area contributed by atoms with Crippen molar-refractivity contribution in [1.29, 1.82) is 0 Å². The lowest BCUT2D eigenvalue weighted by Gasteiger charge is -2.34. The molecule has 0 fully saturated rings. The third-order valence-corrected chi connectivity index (χ3v) is 9.62. The SMILES string of the molecule is CC[C@@H](C)NC(=O)[C@H](Cc1ccccc1)N(Cc1ccccc1F)C(=O)CN(c1cccc(Cl)c1)S(=O)(=O)c1ccc(OC)cc1. The number of hydrogen-bond donors (Lipinski definition) is 1. The van der Waals surface area contributed by atoms with Crippen LogP contribution < -0.4 is 14.4 Å². The maximum Gasteiger partial charge on any atom is 0.264 e. The molecule has 0 heterocycles. The Morgan fingerprint density at radius 1 is 0.935 bits per heavy atom. The highest BCUT2D eigenvalue weighted by molar-refractivity contribution is 7.92. The highest BCUT2D eigenvalue weighted by Crippen LogP contribution is 2.28. The molecule has 46 heavy (non-hydrogen) atoms. The number of rotatable bonds is 14. The number of ether oxygens (including phenoxy) is 1. The van der Waals surface area contributed by atoms with Crippen molar-refractivity contribution in [3.05, 3.63) is 125 Å². The molecule has 4 aromatic carbocycles. The van der Waals surface area contributed by atoms with Crippen molar-refractivity contribution in [3.63, 3.8) is 0 Å². The van der Waals surface area contributed by atoms with E-state index >= 15 is 4.39 Å². The van der Waals surface area contributed by atoms with Crippen molar-refractivity contribution in [2.45, 2.75) is 50.2 Å². The Hall–Kier alpha value is -4.41. The fraction of sp³-hybridized carbons (Fsp3) is 0.257. The van der Waals surface area contributed by atoms with E-state index in [4.69, 9.17) is 16.3 Å². The van der Waals surface area contributed by atoms with Crippen molar-refractivity contribution in [2.24, 2.45) is 0 Å². The van der Waals surface area contributed by atoms with Crippen molar-refractivity contribution in [2.75, 3.05) is 18.0 Å². The number of methoxy groups -OCH3 is 1. The van der Waals surface area contributed by atoms with Crippen LogP contribution in [0.1, 0.15) is 31.4 Å². The van der Waals surface area contributed by atoms with Gasteiger partial charge < -0.3 is 15.0 Å². The number of carbonyl (C=O) groups excluding carboxylic acids is 2. The largest absolute Gasteiger partial charge is 0.497 e. The monoisotopic (exact) mass is 665 g/mol. The second kappa shape index (κ2) is 15.7. The van der Waals surface area contributed by atoms with Crippen LogP contribution in [-0.4, -0.2) is 50.9 Å². The number of hydrogen-bond acceptors (Lipinski definition) is 5. The van der Waals surface area contributed by atoms with Crippen molar-refractivity contribution in [1.82, 2.24) is 10.2 Å². The standard InChI is InChI=1S/C35H37ClFN3O5S/c1-4-25(2)38-35(42)33(21-26-11-6-5-7-12-26)39(23-27-13-8-9-16-32(27)37)34(41)24-40(29-15-10-14-28(36)22-29)46(43,44)31-19-17-30(45-3)18-20-31/h5-20,22,25,33H,4,21,23-24H2,1-3H3,(H,38,42)/t25-,33+/m1/s1. The van der Waals surface area contributed by atoms with E-state index in [1.165, 1.54) is 66.6 Å². The number of sulfonamides is 1. The molecule has 4 rings (SSSR count). The molecule has 0 aliphatic heterocycles. The molecular formula is C35H37ClFN3O5S. The summed E-state index contributed by atoms with van der Waals surface area (Å²) in [7, 11) is -2.87. The zero-order chi connectivity index (χ0) is 33.3. The average molecular weight is 666 g/mol. The van der Waals surface area contributed by atoms with Crippen molar-refractivity contribution >= 4 is 39.1 Å². The van der Waals surface area contributed by atoms with Gasteiger partial charge in [-0.2, -0.15) is 0 Å². The van der Waals surface area contributed by atoms with Gasteiger partial charge in [0.2, 0.25) is 11.8 Å². The number of carbonyl (C=O) groups is 2. The van der Waals surface area contributed by atoms with Crippen LogP contribution in [0.5, 0.6) is 5.75 Å². The lowest BCUT2D eigenvalue weighted by atomic mass is 10.0. The summed E-state index contributed by atoms with van der Waals surface area (Å²) in [5.74, 6) is -1.24. The number of nitrogens with one attached hydrogen (secondary N) is 1. The summed E-state index contributed by atoms with van der Waals surface area (Å²) in [5.41, 5.74) is 1.10. The fourth-order valence-electron chi connectivity index (χ4n) is 4.84. The molecule has 0 radical (unpaired) electrons. The highest BCUT2D eigenvalue weighted by Gasteiger charge is 2.35. The minimum atomic E-state index is -4.34. The van der Waals surface area contributed by atoms with Crippen LogP contribution in [0, 0.1) is 5.82 Å². The van der Waals surface area contributed by atoms with E-state index in [-0.39, 0.29) is 40.2 Å². The van der Waals surface area contributed by atoms with Crippen LogP contribution in [0.15, 0.2) is 108 Å². The van der Waals surface area contributed by atoms with E-state index in [1.807, 2.05) is 44.2 Å². The molecule has 0 saturated heterocycles. The first-order valence-corrected chi connectivity index (χ1v) is 16.6. The Labute approximate surface area is 274 Å². The molecule has 8 nitrogen and oxygen atoms in total. The zero-order valence-corrected chi connectivity index (χ0v) is 27.5. The second-order valence-electron chi connectivity index (χ2n) is 10.8. The average Bonchev–Trinajstić information content (AvgIpc) is 3.06. The van der Waals surface area contributed by atoms with Gasteiger partial charge >= 0.3 is 0 Å². The molecule has 0 aliphatic carbocycles. The van der Waals surface area contributed by atoms with Gasteiger partial charge in [-0.1, -0.05) is 73.1 Å². The minimum Gasteiger partial charge on any atom is -0.497 e. The number of nitrogens with zero attached hydrogens (tertiary/aromatic N) is 2. The van der Waals surface area contributed by atoms with Gasteiger partial charge in [0.05, 0.1) is 17.7 Å². The predicted molar refractivity (Wildman–Crippen MR) is 178 cm³/mol. The topological polar surface area (TPSA) is 96.0 Å². The maximum absolute atomic E-state index is 15.0. The molecule has 0 bridgehead atoms. The summed E-state index contributed by atoms with van der Waals surface area (Å²) in [6.45, 7) is 2.81. The van der Waals surface area contributed by atoms with Gasteiger partial charge in [0.15, 0.2) is 0 Å². The van der Waals surface area contributed by atoms with Gasteiger partial charge in [0.1, 0.15) is 24.2 Å². The lowest BCUT2D eigenvalue weighted by molar-refractivity contribution is -0.140. The van der Waals surface area contributed by atoms with Crippen molar-refractivity contribution < 1.29 is 27.1 Å².